The highest BCUT2D eigenvalue weighted by atomic mass is 16.8. The standard InChI is InChI=1S/C34H36O14/c1-13(2)32-24(47-32)25-34(48-25)31(3)9-8-16-17(12-42-26(16)39)18(31)10-20-33(34,46-20)30(32)45-28(41)15-7-5-4-6-14(15)27(40)44-29-23(38)22(37)21(36)19(11-35)43-29/h4-7,13,18-22,24-25,30,35-38H,8-12H2,1-3H3/t18-,19?,20-,21+,22?,24-,25-,30+,31-,32-,33+,34+/m0/s1. The number of aliphatic hydroxyl groups is 4. The van der Waals surface area contributed by atoms with Crippen molar-refractivity contribution < 1.29 is 68.0 Å². The molecular formula is C34H36O14. The molecule has 8 aliphatic rings. The topological polar surface area (TPSA) is 207 Å². The van der Waals surface area contributed by atoms with Crippen LogP contribution in [0.1, 0.15) is 60.7 Å². The van der Waals surface area contributed by atoms with E-state index in [4.69, 9.17) is 33.2 Å². The third-order valence-electron chi connectivity index (χ3n) is 12.5. The Morgan fingerprint density at radius 3 is 2.50 bits per heavy atom. The number of esters is 3. The molecule has 9 rings (SSSR count). The van der Waals surface area contributed by atoms with Crippen LogP contribution in [-0.2, 0) is 38.0 Å². The zero-order valence-electron chi connectivity index (χ0n) is 26.4. The molecule has 48 heavy (non-hydrogen) atoms. The quantitative estimate of drug-likeness (QED) is 0.189. The Kier molecular flexibility index (Phi) is 6.09. The van der Waals surface area contributed by atoms with Gasteiger partial charge in [0.05, 0.1) is 23.8 Å². The molecule has 5 aliphatic heterocycles. The highest BCUT2D eigenvalue weighted by Crippen LogP contribution is 2.83. The largest absolute Gasteiger partial charge is 0.504 e. The molecule has 1 aromatic carbocycles. The fraction of sp³-hybridized carbons (Fsp3) is 0.618. The van der Waals surface area contributed by atoms with Crippen molar-refractivity contribution in [3.8, 4) is 0 Å². The second-order valence-electron chi connectivity index (χ2n) is 14.7. The minimum atomic E-state index is -1.87. The number of benzene rings is 1. The van der Waals surface area contributed by atoms with E-state index >= 15 is 0 Å². The van der Waals surface area contributed by atoms with E-state index in [0.717, 1.165) is 11.1 Å². The molecule has 3 saturated heterocycles. The van der Waals surface area contributed by atoms with Crippen LogP contribution in [0.5, 0.6) is 0 Å². The van der Waals surface area contributed by atoms with E-state index in [1.54, 1.807) is 6.07 Å². The first-order valence-corrected chi connectivity index (χ1v) is 16.4. The molecule has 5 heterocycles. The lowest BCUT2D eigenvalue weighted by Gasteiger charge is -2.53. The third-order valence-corrected chi connectivity index (χ3v) is 12.5. The number of cyclic esters (lactones) is 1. The van der Waals surface area contributed by atoms with Crippen molar-refractivity contribution >= 4 is 17.9 Å². The molecule has 14 nitrogen and oxygen atoms in total. The summed E-state index contributed by atoms with van der Waals surface area (Å²) in [6, 6.07) is 5.81. The summed E-state index contributed by atoms with van der Waals surface area (Å²) in [5.74, 6) is -4.05. The molecule has 0 bridgehead atoms. The predicted molar refractivity (Wildman–Crippen MR) is 156 cm³/mol. The predicted octanol–water partition coefficient (Wildman–Crippen LogP) is 0.965. The van der Waals surface area contributed by atoms with Crippen molar-refractivity contribution in [2.45, 2.75) is 99.6 Å². The van der Waals surface area contributed by atoms with Gasteiger partial charge in [-0.25, -0.2) is 14.4 Å². The zero-order valence-corrected chi connectivity index (χ0v) is 26.4. The van der Waals surface area contributed by atoms with Gasteiger partial charge in [-0.3, -0.25) is 0 Å². The maximum absolute atomic E-state index is 14.2. The SMILES string of the molecule is CC(C)[C@]12O[C@H]1[C@@H]1O[C@]13[C@]1(O[C@H]1C[C@H]1C4=C(CC[C@@]13C)C(=O)OC4)[C@@H]2OC(=O)c1ccccc1C(=O)OC1=C(O)C(O)[C@H](O)C(CO)O1. The molecule has 2 spiro atoms. The number of carbonyl (C=O) groups excluding carboxylic acids is 3. The monoisotopic (exact) mass is 668 g/mol. The van der Waals surface area contributed by atoms with Crippen LogP contribution in [0.25, 0.3) is 0 Å². The van der Waals surface area contributed by atoms with Gasteiger partial charge in [-0.15, -0.1) is 0 Å². The van der Waals surface area contributed by atoms with Crippen molar-refractivity contribution in [1.82, 2.24) is 0 Å². The van der Waals surface area contributed by atoms with Crippen molar-refractivity contribution in [2.24, 2.45) is 17.3 Å². The van der Waals surface area contributed by atoms with Crippen LogP contribution in [-0.4, -0.2) is 111 Å². The van der Waals surface area contributed by atoms with Crippen LogP contribution in [0.4, 0.5) is 0 Å². The van der Waals surface area contributed by atoms with Gasteiger partial charge < -0.3 is 53.6 Å². The molecule has 3 aliphatic carbocycles. The van der Waals surface area contributed by atoms with E-state index in [1.807, 2.05) is 13.8 Å². The molecule has 12 atom stereocenters. The van der Waals surface area contributed by atoms with Crippen molar-refractivity contribution in [1.29, 1.82) is 0 Å². The van der Waals surface area contributed by atoms with Gasteiger partial charge >= 0.3 is 23.9 Å². The molecule has 0 amide bonds. The molecule has 14 heteroatoms. The third kappa shape index (κ3) is 3.45. The van der Waals surface area contributed by atoms with Gasteiger partial charge in [0.15, 0.2) is 17.8 Å². The zero-order chi connectivity index (χ0) is 33.7. The number of epoxide rings is 3. The average molecular weight is 669 g/mol. The van der Waals surface area contributed by atoms with E-state index in [2.05, 4.69) is 6.92 Å². The number of hydrogen-bond donors (Lipinski definition) is 4. The minimum absolute atomic E-state index is 0.00624. The van der Waals surface area contributed by atoms with Gasteiger partial charge in [0.25, 0.3) is 0 Å². The van der Waals surface area contributed by atoms with Crippen LogP contribution in [0.3, 0.4) is 0 Å². The first kappa shape index (κ1) is 30.5. The van der Waals surface area contributed by atoms with Gasteiger partial charge in [0.2, 0.25) is 5.76 Å². The Morgan fingerprint density at radius 2 is 1.79 bits per heavy atom. The van der Waals surface area contributed by atoms with Crippen LogP contribution in [0.15, 0.2) is 47.1 Å². The number of rotatable bonds is 6. The number of carbonyl (C=O) groups is 3. The Morgan fingerprint density at radius 1 is 1.06 bits per heavy atom. The molecule has 0 radical (unpaired) electrons. The lowest BCUT2D eigenvalue weighted by molar-refractivity contribution is -0.139. The van der Waals surface area contributed by atoms with Crippen molar-refractivity contribution in [2.75, 3.05) is 13.2 Å². The van der Waals surface area contributed by atoms with Gasteiger partial charge in [-0.05, 0) is 48.8 Å². The highest BCUT2D eigenvalue weighted by Gasteiger charge is 3.01. The smallest absolute Gasteiger partial charge is 0.346 e. The maximum atomic E-state index is 14.2. The molecule has 2 unspecified atom stereocenters. The molecule has 0 aromatic heterocycles. The summed E-state index contributed by atoms with van der Waals surface area (Å²) in [4.78, 5) is 40.1. The Labute approximate surface area is 274 Å². The molecule has 4 N–H and O–H groups in total. The van der Waals surface area contributed by atoms with Gasteiger partial charge in [0.1, 0.15) is 42.2 Å². The van der Waals surface area contributed by atoms with E-state index in [-0.39, 0.29) is 53.9 Å². The normalized spacial score (nSPS) is 45.8. The molecule has 2 saturated carbocycles. The summed E-state index contributed by atoms with van der Waals surface area (Å²) in [5, 5.41) is 39.9. The Bertz CT molecular complexity index is 1730. The molecular weight excluding hydrogens is 632 g/mol. The average Bonchev–Trinajstić information content (AvgIpc) is 3.99. The lowest BCUT2D eigenvalue weighted by atomic mass is 9.46. The number of fused-ring (bicyclic) bond motifs is 4. The summed E-state index contributed by atoms with van der Waals surface area (Å²) in [6.07, 6.45) is -4.92. The van der Waals surface area contributed by atoms with Gasteiger partial charge in [0, 0.05) is 11.0 Å². The Balaban J connectivity index is 1.04. The van der Waals surface area contributed by atoms with E-state index in [9.17, 15) is 34.8 Å². The second-order valence-corrected chi connectivity index (χ2v) is 14.7. The van der Waals surface area contributed by atoms with Crippen LogP contribution in [0, 0.1) is 17.3 Å². The minimum Gasteiger partial charge on any atom is -0.504 e. The van der Waals surface area contributed by atoms with E-state index < -0.39 is 76.9 Å². The maximum Gasteiger partial charge on any atom is 0.346 e. The summed E-state index contributed by atoms with van der Waals surface area (Å²) >= 11 is 0. The lowest BCUT2D eigenvalue weighted by Crippen LogP contribution is -2.70. The van der Waals surface area contributed by atoms with Gasteiger partial charge in [-0.2, -0.15) is 0 Å². The van der Waals surface area contributed by atoms with Gasteiger partial charge in [-0.1, -0.05) is 32.9 Å². The fourth-order valence-corrected chi connectivity index (χ4v) is 9.97. The summed E-state index contributed by atoms with van der Waals surface area (Å²) in [5.41, 5.74) is -1.75. The Hall–Kier alpha value is -3.53. The summed E-state index contributed by atoms with van der Waals surface area (Å²) in [7, 11) is 0. The second kappa shape index (κ2) is 9.58. The van der Waals surface area contributed by atoms with Crippen molar-refractivity contribution in [3.05, 3.63) is 58.2 Å². The first-order valence-electron chi connectivity index (χ1n) is 16.4. The van der Waals surface area contributed by atoms with Crippen LogP contribution >= 0.6 is 0 Å². The fourth-order valence-electron chi connectivity index (χ4n) is 9.97. The number of aliphatic hydroxyl groups excluding tert-OH is 4. The summed E-state index contributed by atoms with van der Waals surface area (Å²) in [6.45, 7) is 5.69. The van der Waals surface area contributed by atoms with Crippen LogP contribution in [0.2, 0.25) is 0 Å². The number of ether oxygens (including phenoxy) is 7. The molecule has 1 aromatic rings. The van der Waals surface area contributed by atoms with Crippen LogP contribution < -0.4 is 0 Å². The molecule has 5 fully saturated rings. The van der Waals surface area contributed by atoms with E-state index in [1.165, 1.54) is 18.2 Å². The van der Waals surface area contributed by atoms with E-state index in [0.29, 0.717) is 19.3 Å². The summed E-state index contributed by atoms with van der Waals surface area (Å²) < 4.78 is 42.2. The number of hydrogen-bond acceptors (Lipinski definition) is 14. The van der Waals surface area contributed by atoms with Crippen molar-refractivity contribution in [3.63, 3.8) is 0 Å². The molecule has 256 valence electrons. The highest BCUT2D eigenvalue weighted by molar-refractivity contribution is 6.03. The first-order chi connectivity index (χ1) is 22.9.